The molecule has 0 spiro atoms. The number of likely N-dealkylation sites (tertiary alicyclic amines) is 2. The number of nitrogens with one attached hydrogen (secondary N) is 2. The van der Waals surface area contributed by atoms with Gasteiger partial charge >= 0.3 is 12.2 Å². The van der Waals surface area contributed by atoms with E-state index in [2.05, 4.69) is 84.5 Å². The van der Waals surface area contributed by atoms with Gasteiger partial charge in [0, 0.05) is 24.8 Å². The summed E-state index contributed by atoms with van der Waals surface area (Å²) in [6, 6.07) is 22.6. The number of fused-ring (bicyclic) bond motifs is 1. The Bertz CT molecular complexity index is 1960. The number of rotatable bonds is 5. The van der Waals surface area contributed by atoms with E-state index in [4.69, 9.17) is 14.7 Å². The van der Waals surface area contributed by atoms with Gasteiger partial charge in [-0.3, -0.25) is 9.80 Å². The monoisotopic (exact) mass is 646 g/mol. The number of ether oxygens (including phenoxy) is 1. The SMILES string of the molecule is CC1CC(c2nc3cc(-c4ccc(-c5ccc(-c6c[nH]c([C@@H]7C[C@H](C)CN7C(=O)OC(C)(C)C)n6)cc5)cc4)ccc3[nH]2)N(C(=O)O)C1. The largest absolute Gasteiger partial charge is 0.465 e. The minimum Gasteiger partial charge on any atom is -0.465 e. The molecule has 0 bridgehead atoms. The molecular formula is C38H42N6O4. The fraction of sp³-hybridized carbons (Fsp3) is 0.368. The van der Waals surface area contributed by atoms with E-state index in [1.165, 1.54) is 4.90 Å². The molecule has 5 aromatic rings. The first-order valence-corrected chi connectivity index (χ1v) is 16.7. The van der Waals surface area contributed by atoms with Crippen molar-refractivity contribution in [3.8, 4) is 33.5 Å². The molecule has 248 valence electrons. The summed E-state index contributed by atoms with van der Waals surface area (Å²) >= 11 is 0. The second-order valence-corrected chi connectivity index (χ2v) is 14.5. The summed E-state index contributed by atoms with van der Waals surface area (Å²) in [5, 5.41) is 9.66. The Morgan fingerprint density at radius 2 is 1.31 bits per heavy atom. The van der Waals surface area contributed by atoms with Gasteiger partial charge in [0.1, 0.15) is 17.2 Å². The molecule has 48 heavy (non-hydrogen) atoms. The van der Waals surface area contributed by atoms with Gasteiger partial charge in [-0.25, -0.2) is 19.6 Å². The van der Waals surface area contributed by atoms with Gasteiger partial charge in [-0.1, -0.05) is 68.4 Å². The Balaban J connectivity index is 1.05. The molecule has 2 fully saturated rings. The number of H-pyrrole nitrogens is 2. The third-order valence-electron chi connectivity index (χ3n) is 9.36. The minimum absolute atomic E-state index is 0.143. The lowest BCUT2D eigenvalue weighted by molar-refractivity contribution is 0.0214. The minimum atomic E-state index is -0.905. The normalized spacial score (nSPS) is 21.3. The zero-order chi connectivity index (χ0) is 33.7. The molecule has 0 aliphatic carbocycles. The molecule has 3 N–H and O–H groups in total. The summed E-state index contributed by atoms with van der Waals surface area (Å²) in [4.78, 5) is 44.4. The van der Waals surface area contributed by atoms with Crippen LogP contribution in [0.4, 0.5) is 9.59 Å². The van der Waals surface area contributed by atoms with Crippen molar-refractivity contribution < 1.29 is 19.4 Å². The van der Waals surface area contributed by atoms with Gasteiger partial charge in [-0.2, -0.15) is 0 Å². The molecule has 0 radical (unpaired) electrons. The molecule has 10 heteroatoms. The van der Waals surface area contributed by atoms with Crippen molar-refractivity contribution in [1.82, 2.24) is 29.7 Å². The van der Waals surface area contributed by atoms with Crippen molar-refractivity contribution in [2.45, 2.75) is 65.1 Å². The van der Waals surface area contributed by atoms with E-state index < -0.39 is 11.7 Å². The second kappa shape index (κ2) is 12.2. The lowest BCUT2D eigenvalue weighted by Crippen LogP contribution is -2.37. The van der Waals surface area contributed by atoms with Crippen LogP contribution < -0.4 is 0 Å². The molecule has 2 aliphatic heterocycles. The third-order valence-corrected chi connectivity index (χ3v) is 9.36. The third kappa shape index (κ3) is 6.26. The van der Waals surface area contributed by atoms with E-state index in [1.807, 2.05) is 33.0 Å². The number of benzene rings is 3. The smallest absolute Gasteiger partial charge is 0.410 e. The summed E-state index contributed by atoms with van der Waals surface area (Å²) in [7, 11) is 0. The predicted molar refractivity (Wildman–Crippen MR) is 185 cm³/mol. The highest BCUT2D eigenvalue weighted by molar-refractivity contribution is 5.83. The number of hydrogen-bond acceptors (Lipinski definition) is 5. The van der Waals surface area contributed by atoms with Crippen molar-refractivity contribution in [1.29, 1.82) is 0 Å². The predicted octanol–water partition coefficient (Wildman–Crippen LogP) is 8.67. The number of carboxylic acid groups (broad SMARTS) is 1. The molecule has 2 aromatic heterocycles. The first-order chi connectivity index (χ1) is 22.9. The number of aromatic nitrogens is 4. The number of carbonyl (C=O) groups excluding carboxylic acids is 1. The molecule has 2 saturated heterocycles. The molecular weight excluding hydrogens is 604 g/mol. The lowest BCUT2D eigenvalue weighted by Gasteiger charge is -2.27. The van der Waals surface area contributed by atoms with Crippen molar-refractivity contribution in [2.75, 3.05) is 13.1 Å². The zero-order valence-electron chi connectivity index (χ0n) is 28.0. The van der Waals surface area contributed by atoms with Crippen molar-refractivity contribution in [2.24, 2.45) is 11.8 Å². The molecule has 7 rings (SSSR count). The molecule has 0 saturated carbocycles. The topological polar surface area (TPSA) is 127 Å². The maximum absolute atomic E-state index is 12.9. The van der Waals surface area contributed by atoms with E-state index in [9.17, 15) is 14.7 Å². The van der Waals surface area contributed by atoms with Gasteiger partial charge in [0.25, 0.3) is 0 Å². The Hall–Kier alpha value is -5.12. The molecule has 2 amide bonds. The zero-order valence-corrected chi connectivity index (χ0v) is 28.0. The molecule has 2 aliphatic rings. The van der Waals surface area contributed by atoms with E-state index in [1.54, 1.807) is 4.90 Å². The fourth-order valence-corrected chi connectivity index (χ4v) is 7.05. The van der Waals surface area contributed by atoms with Gasteiger partial charge in [-0.15, -0.1) is 0 Å². The van der Waals surface area contributed by atoms with Gasteiger partial charge in [-0.05, 0) is 79.8 Å². The fourth-order valence-electron chi connectivity index (χ4n) is 7.05. The number of aromatic amines is 2. The molecule has 4 heterocycles. The van der Waals surface area contributed by atoms with Gasteiger partial charge in [0.05, 0.1) is 28.8 Å². The van der Waals surface area contributed by atoms with Gasteiger partial charge in [0.15, 0.2) is 0 Å². The van der Waals surface area contributed by atoms with E-state index in [0.717, 1.165) is 63.2 Å². The van der Waals surface area contributed by atoms with Crippen LogP contribution in [0.15, 0.2) is 72.9 Å². The maximum atomic E-state index is 12.9. The van der Waals surface area contributed by atoms with Crippen LogP contribution in [0, 0.1) is 11.8 Å². The number of nitrogens with zero attached hydrogens (tertiary/aromatic N) is 4. The number of imidazole rings is 2. The average molecular weight is 647 g/mol. The van der Waals surface area contributed by atoms with Crippen LogP contribution in [-0.2, 0) is 4.74 Å². The van der Waals surface area contributed by atoms with Gasteiger partial charge in [0.2, 0.25) is 0 Å². The summed E-state index contributed by atoms with van der Waals surface area (Å²) < 4.78 is 5.67. The Morgan fingerprint density at radius 3 is 1.92 bits per heavy atom. The summed E-state index contributed by atoms with van der Waals surface area (Å²) in [6.45, 7) is 11.0. The highest BCUT2D eigenvalue weighted by Gasteiger charge is 2.38. The van der Waals surface area contributed by atoms with E-state index in [-0.39, 0.29) is 18.2 Å². The quantitative estimate of drug-likeness (QED) is 0.175. The Morgan fingerprint density at radius 1 is 0.771 bits per heavy atom. The molecule has 2 unspecified atom stereocenters. The van der Waals surface area contributed by atoms with Crippen molar-refractivity contribution >= 4 is 23.2 Å². The van der Waals surface area contributed by atoms with Crippen LogP contribution in [0.1, 0.15) is 71.2 Å². The van der Waals surface area contributed by atoms with Crippen LogP contribution in [-0.4, -0.2) is 65.7 Å². The molecule has 3 aromatic carbocycles. The molecule has 4 atom stereocenters. The van der Waals surface area contributed by atoms with Crippen LogP contribution >= 0.6 is 0 Å². The maximum Gasteiger partial charge on any atom is 0.410 e. The van der Waals surface area contributed by atoms with Crippen LogP contribution in [0.2, 0.25) is 0 Å². The first kappa shape index (κ1) is 31.5. The number of carbonyl (C=O) groups is 2. The summed E-state index contributed by atoms with van der Waals surface area (Å²) in [6.07, 6.45) is 2.30. The van der Waals surface area contributed by atoms with Crippen molar-refractivity contribution in [3.05, 3.63) is 84.6 Å². The number of hydrogen-bond donors (Lipinski definition) is 3. The first-order valence-electron chi connectivity index (χ1n) is 16.7. The van der Waals surface area contributed by atoms with Gasteiger partial charge < -0.3 is 19.8 Å². The highest BCUT2D eigenvalue weighted by atomic mass is 16.6. The van der Waals surface area contributed by atoms with Crippen LogP contribution in [0.3, 0.4) is 0 Å². The Kier molecular flexibility index (Phi) is 7.97. The summed E-state index contributed by atoms with van der Waals surface area (Å²) in [5.74, 6) is 2.14. The average Bonchev–Trinajstić information content (AvgIpc) is 3.85. The summed E-state index contributed by atoms with van der Waals surface area (Å²) in [5.41, 5.74) is 7.35. The van der Waals surface area contributed by atoms with Crippen molar-refractivity contribution in [3.63, 3.8) is 0 Å². The van der Waals surface area contributed by atoms with Crippen LogP contribution in [0.25, 0.3) is 44.5 Å². The van der Waals surface area contributed by atoms with Crippen LogP contribution in [0.5, 0.6) is 0 Å². The molecule has 10 nitrogen and oxygen atoms in total. The second-order valence-electron chi connectivity index (χ2n) is 14.5. The highest BCUT2D eigenvalue weighted by Crippen LogP contribution is 2.37. The van der Waals surface area contributed by atoms with E-state index >= 15 is 0 Å². The lowest BCUT2D eigenvalue weighted by atomic mass is 9.99. The standard InChI is InChI=1S/C38H42N6O4/c1-22-17-33(43(20-22)36(45)46)35-40-29-15-14-28(18-30(29)41-35)26-8-6-24(7-9-26)25-10-12-27(13-11-25)31-19-39-34(42-31)32-16-23(2)21-44(32)37(47)48-38(3,4)5/h6-15,18-19,22-23,32-33H,16-17,20-21H2,1-5H3,(H,39,42)(H,40,41)(H,45,46)/t22?,23-,32-,33?/m0/s1. The number of amides is 2. The van der Waals surface area contributed by atoms with E-state index in [0.29, 0.717) is 30.7 Å². The Labute approximate surface area is 280 Å².